The molecule has 1 atom stereocenters. The van der Waals surface area contributed by atoms with Crippen molar-refractivity contribution in [3.63, 3.8) is 0 Å². The molecule has 1 aliphatic heterocycles. The van der Waals surface area contributed by atoms with Crippen LogP contribution in [0.3, 0.4) is 0 Å². The van der Waals surface area contributed by atoms with Gasteiger partial charge in [0.25, 0.3) is 11.8 Å². The average Bonchev–Trinajstić information content (AvgIpc) is 3.22. The van der Waals surface area contributed by atoms with Crippen molar-refractivity contribution in [2.75, 3.05) is 11.9 Å². The molecular formula is C17H20N6O3. The van der Waals surface area contributed by atoms with Gasteiger partial charge in [-0.3, -0.25) is 19.3 Å². The van der Waals surface area contributed by atoms with Crippen molar-refractivity contribution in [1.29, 1.82) is 0 Å². The molecule has 0 fully saturated rings. The van der Waals surface area contributed by atoms with Crippen LogP contribution in [-0.2, 0) is 9.53 Å². The zero-order valence-corrected chi connectivity index (χ0v) is 14.8. The minimum absolute atomic E-state index is 0.0138. The molecule has 1 aliphatic rings. The van der Waals surface area contributed by atoms with Crippen LogP contribution in [0.1, 0.15) is 41.6 Å². The highest BCUT2D eigenvalue weighted by Gasteiger charge is 2.28. The van der Waals surface area contributed by atoms with Crippen LogP contribution in [-0.4, -0.2) is 45.1 Å². The average molecular weight is 356 g/mol. The van der Waals surface area contributed by atoms with E-state index in [-0.39, 0.29) is 24.0 Å². The molecular weight excluding hydrogens is 336 g/mol. The first-order valence-corrected chi connectivity index (χ1v) is 8.18. The number of ether oxygens (including phenoxy) is 1. The smallest absolute Gasteiger partial charge is 0.271 e. The highest BCUT2D eigenvalue weighted by molar-refractivity contribution is 6.05. The molecule has 0 spiro atoms. The third kappa shape index (κ3) is 3.56. The normalized spacial score (nSPS) is 16.3. The predicted octanol–water partition coefficient (Wildman–Crippen LogP) is 1.05. The van der Waals surface area contributed by atoms with Gasteiger partial charge in [-0.2, -0.15) is 5.10 Å². The lowest BCUT2D eigenvalue weighted by Gasteiger charge is -2.06. The summed E-state index contributed by atoms with van der Waals surface area (Å²) in [6.45, 7) is 5.79. The maximum Gasteiger partial charge on any atom is 0.271 e. The third-order valence-corrected chi connectivity index (χ3v) is 3.85. The van der Waals surface area contributed by atoms with E-state index in [9.17, 15) is 9.59 Å². The summed E-state index contributed by atoms with van der Waals surface area (Å²) in [5, 5.41) is 6.78. The quantitative estimate of drug-likeness (QED) is 0.828. The Labute approximate surface area is 150 Å². The van der Waals surface area contributed by atoms with Gasteiger partial charge in [0.05, 0.1) is 5.69 Å². The van der Waals surface area contributed by atoms with E-state index in [1.165, 1.54) is 0 Å². The standard InChI is InChI=1S/C17H20N6O3/c1-9(2)23-7-12(14(22-23)15(18)24)20-16(25)13-8-26-17(21-13)11-4-5-19-10(3)6-11/h4-7,9,13H,8H2,1-3H3,(H2,18,24)(H,20,25). The number of carbonyl (C=O) groups excluding carboxylic acids is 2. The summed E-state index contributed by atoms with van der Waals surface area (Å²) in [6.07, 6.45) is 3.23. The lowest BCUT2D eigenvalue weighted by molar-refractivity contribution is -0.117. The number of amides is 2. The van der Waals surface area contributed by atoms with Crippen molar-refractivity contribution < 1.29 is 14.3 Å². The van der Waals surface area contributed by atoms with Crippen molar-refractivity contribution in [3.05, 3.63) is 41.5 Å². The molecule has 3 N–H and O–H groups in total. The molecule has 2 amide bonds. The fourth-order valence-electron chi connectivity index (χ4n) is 2.49. The zero-order valence-electron chi connectivity index (χ0n) is 14.8. The summed E-state index contributed by atoms with van der Waals surface area (Å²) >= 11 is 0. The Balaban J connectivity index is 1.78. The molecule has 136 valence electrons. The molecule has 0 aromatic carbocycles. The number of anilines is 1. The van der Waals surface area contributed by atoms with Gasteiger partial charge < -0.3 is 15.8 Å². The summed E-state index contributed by atoms with van der Waals surface area (Å²) in [6, 6.07) is 2.90. The molecule has 1 unspecified atom stereocenters. The fraction of sp³-hybridized carbons (Fsp3) is 0.353. The van der Waals surface area contributed by atoms with Crippen LogP contribution in [0.5, 0.6) is 0 Å². The first-order chi connectivity index (χ1) is 12.3. The summed E-state index contributed by atoms with van der Waals surface area (Å²) in [5.74, 6) is -0.709. The summed E-state index contributed by atoms with van der Waals surface area (Å²) in [5.41, 5.74) is 7.21. The lowest BCUT2D eigenvalue weighted by Crippen LogP contribution is -2.28. The number of rotatable bonds is 5. The molecule has 2 aromatic heterocycles. The van der Waals surface area contributed by atoms with Crippen LogP contribution in [0.4, 0.5) is 5.69 Å². The minimum atomic E-state index is -0.721. The number of aromatic nitrogens is 3. The van der Waals surface area contributed by atoms with Crippen LogP contribution in [0.25, 0.3) is 0 Å². The molecule has 0 aliphatic carbocycles. The maximum atomic E-state index is 12.5. The lowest BCUT2D eigenvalue weighted by atomic mass is 10.2. The highest BCUT2D eigenvalue weighted by atomic mass is 16.5. The van der Waals surface area contributed by atoms with E-state index in [0.717, 1.165) is 11.3 Å². The first-order valence-electron chi connectivity index (χ1n) is 8.18. The number of pyridine rings is 1. The molecule has 0 saturated heterocycles. The molecule has 3 heterocycles. The Morgan fingerprint density at radius 3 is 2.85 bits per heavy atom. The number of hydrogen-bond donors (Lipinski definition) is 2. The van der Waals surface area contributed by atoms with Gasteiger partial charge >= 0.3 is 0 Å². The van der Waals surface area contributed by atoms with Gasteiger partial charge in [0.2, 0.25) is 5.90 Å². The van der Waals surface area contributed by atoms with Crippen LogP contribution in [0.2, 0.25) is 0 Å². The van der Waals surface area contributed by atoms with Crippen molar-refractivity contribution in [2.45, 2.75) is 32.9 Å². The van der Waals surface area contributed by atoms with Gasteiger partial charge in [-0.1, -0.05) is 0 Å². The number of nitrogens with one attached hydrogen (secondary N) is 1. The molecule has 0 bridgehead atoms. The van der Waals surface area contributed by atoms with E-state index in [1.54, 1.807) is 23.1 Å². The van der Waals surface area contributed by atoms with Gasteiger partial charge in [0.15, 0.2) is 11.7 Å². The van der Waals surface area contributed by atoms with Crippen LogP contribution in [0, 0.1) is 6.92 Å². The Kier molecular flexibility index (Phi) is 4.70. The number of carbonyl (C=O) groups is 2. The number of nitrogens with zero attached hydrogens (tertiary/aromatic N) is 4. The minimum Gasteiger partial charge on any atom is -0.475 e. The van der Waals surface area contributed by atoms with Gasteiger partial charge in [0, 0.05) is 29.7 Å². The molecule has 26 heavy (non-hydrogen) atoms. The molecule has 0 radical (unpaired) electrons. The monoisotopic (exact) mass is 356 g/mol. The van der Waals surface area contributed by atoms with E-state index >= 15 is 0 Å². The van der Waals surface area contributed by atoms with Crippen molar-refractivity contribution in [2.24, 2.45) is 10.7 Å². The van der Waals surface area contributed by atoms with Crippen LogP contribution in [0.15, 0.2) is 29.5 Å². The predicted molar refractivity (Wildman–Crippen MR) is 95.0 cm³/mol. The third-order valence-electron chi connectivity index (χ3n) is 3.85. The Hall–Kier alpha value is -3.23. The number of nitrogens with two attached hydrogens (primary N) is 1. The first kappa shape index (κ1) is 17.6. The summed E-state index contributed by atoms with van der Waals surface area (Å²) in [7, 11) is 0. The van der Waals surface area contributed by atoms with Crippen molar-refractivity contribution in [3.8, 4) is 0 Å². The molecule has 9 nitrogen and oxygen atoms in total. The highest BCUT2D eigenvalue weighted by Crippen LogP contribution is 2.19. The largest absolute Gasteiger partial charge is 0.475 e. The molecule has 3 rings (SSSR count). The van der Waals surface area contributed by atoms with Gasteiger partial charge in [-0.25, -0.2) is 4.99 Å². The summed E-state index contributed by atoms with van der Waals surface area (Å²) < 4.78 is 7.10. The summed E-state index contributed by atoms with van der Waals surface area (Å²) in [4.78, 5) is 32.5. The van der Waals surface area contributed by atoms with Crippen molar-refractivity contribution in [1.82, 2.24) is 14.8 Å². The maximum absolute atomic E-state index is 12.5. The zero-order chi connectivity index (χ0) is 18.8. The Morgan fingerprint density at radius 1 is 1.42 bits per heavy atom. The van der Waals surface area contributed by atoms with Crippen LogP contribution >= 0.6 is 0 Å². The Morgan fingerprint density at radius 2 is 2.19 bits per heavy atom. The van der Waals surface area contributed by atoms with E-state index in [0.29, 0.717) is 5.90 Å². The van der Waals surface area contributed by atoms with Crippen LogP contribution < -0.4 is 11.1 Å². The second-order valence-electron chi connectivity index (χ2n) is 6.27. The van der Waals surface area contributed by atoms with E-state index in [4.69, 9.17) is 10.5 Å². The SMILES string of the molecule is Cc1cc(C2=NC(C(=O)Nc3cn(C(C)C)nc3C(N)=O)CO2)ccn1. The second kappa shape index (κ2) is 6.95. The number of hydrogen-bond acceptors (Lipinski definition) is 6. The fourth-order valence-corrected chi connectivity index (χ4v) is 2.49. The number of primary amides is 1. The Bertz CT molecular complexity index is 886. The molecule has 9 heteroatoms. The van der Waals surface area contributed by atoms with Gasteiger partial charge in [-0.15, -0.1) is 0 Å². The molecule has 0 saturated carbocycles. The molecule has 2 aromatic rings. The second-order valence-corrected chi connectivity index (χ2v) is 6.27. The van der Waals surface area contributed by atoms with E-state index < -0.39 is 17.9 Å². The number of aryl methyl sites for hydroxylation is 1. The van der Waals surface area contributed by atoms with E-state index in [2.05, 4.69) is 20.4 Å². The van der Waals surface area contributed by atoms with Gasteiger partial charge in [-0.05, 0) is 32.9 Å². The number of aliphatic imine (C=N–C) groups is 1. The van der Waals surface area contributed by atoms with E-state index in [1.807, 2.05) is 26.8 Å². The van der Waals surface area contributed by atoms with Gasteiger partial charge in [0.1, 0.15) is 6.61 Å². The van der Waals surface area contributed by atoms with Crippen molar-refractivity contribution >= 4 is 23.4 Å². The topological polar surface area (TPSA) is 124 Å².